The number of carbonyl (C=O) groups excluding carboxylic acids is 3. The largest absolute Gasteiger partial charge is 0.497 e. The molecule has 3 amide bonds. The van der Waals surface area contributed by atoms with Gasteiger partial charge in [-0.2, -0.15) is 0 Å². The van der Waals surface area contributed by atoms with Crippen LogP contribution in [0.3, 0.4) is 0 Å². The number of likely N-dealkylation sites (tertiary alicyclic amines) is 2. The zero-order valence-corrected chi connectivity index (χ0v) is 18.6. The lowest BCUT2D eigenvalue weighted by Gasteiger charge is -2.29. The second-order valence-corrected chi connectivity index (χ2v) is 9.31. The van der Waals surface area contributed by atoms with Crippen LogP contribution in [0.15, 0.2) is 48.5 Å². The Kier molecular flexibility index (Phi) is 5.43. The zero-order chi connectivity index (χ0) is 23.2. The van der Waals surface area contributed by atoms with Gasteiger partial charge in [-0.15, -0.1) is 0 Å². The second-order valence-electron chi connectivity index (χ2n) is 9.31. The van der Waals surface area contributed by atoms with Gasteiger partial charge in [0.1, 0.15) is 11.6 Å². The first-order valence-electron chi connectivity index (χ1n) is 11.5. The Balaban J connectivity index is 1.41. The molecule has 2 aromatic carbocycles. The van der Waals surface area contributed by atoms with E-state index in [2.05, 4.69) is 0 Å². The third-order valence-electron chi connectivity index (χ3n) is 7.24. The number of halogens is 1. The van der Waals surface area contributed by atoms with Gasteiger partial charge in [0.25, 0.3) is 0 Å². The highest BCUT2D eigenvalue weighted by Gasteiger charge is 2.57. The van der Waals surface area contributed by atoms with Crippen molar-refractivity contribution in [1.82, 2.24) is 9.80 Å². The average Bonchev–Trinajstić information content (AvgIpc) is 3.46. The number of hydrogen-bond donors (Lipinski definition) is 0. The van der Waals surface area contributed by atoms with Crippen LogP contribution in [0.5, 0.6) is 5.75 Å². The minimum atomic E-state index is -1.21. The topological polar surface area (TPSA) is 66.9 Å². The summed E-state index contributed by atoms with van der Waals surface area (Å²) in [5.41, 5.74) is 0.0618. The molecule has 0 aromatic heterocycles. The zero-order valence-electron chi connectivity index (χ0n) is 18.6. The number of nitrogens with zero attached hydrogens (tertiary/aromatic N) is 2. The van der Waals surface area contributed by atoms with Crippen LogP contribution in [0, 0.1) is 5.82 Å². The Morgan fingerprint density at radius 3 is 2.48 bits per heavy atom. The van der Waals surface area contributed by atoms with E-state index >= 15 is 0 Å². The number of benzene rings is 2. The normalized spacial score (nSPS) is 25.1. The fraction of sp³-hybridized carbons (Fsp3) is 0.423. The van der Waals surface area contributed by atoms with Gasteiger partial charge in [0.15, 0.2) is 0 Å². The first kappa shape index (κ1) is 21.6. The molecule has 3 fully saturated rings. The van der Waals surface area contributed by atoms with Crippen LogP contribution < -0.4 is 4.74 Å². The Hall–Kier alpha value is -3.22. The quantitative estimate of drug-likeness (QED) is 0.633. The molecule has 5 rings (SSSR count). The third-order valence-corrected chi connectivity index (χ3v) is 7.24. The predicted octanol–water partition coefficient (Wildman–Crippen LogP) is 3.40. The minimum Gasteiger partial charge on any atom is -0.497 e. The van der Waals surface area contributed by atoms with Gasteiger partial charge in [0, 0.05) is 37.9 Å². The number of carbonyl (C=O) groups is 3. The van der Waals surface area contributed by atoms with E-state index in [0.717, 1.165) is 12.8 Å². The van der Waals surface area contributed by atoms with Crippen molar-refractivity contribution in [1.29, 1.82) is 0 Å². The third kappa shape index (κ3) is 3.79. The molecule has 33 heavy (non-hydrogen) atoms. The van der Waals surface area contributed by atoms with E-state index in [-0.39, 0.29) is 48.3 Å². The van der Waals surface area contributed by atoms with Crippen molar-refractivity contribution in [2.45, 2.75) is 49.5 Å². The summed E-state index contributed by atoms with van der Waals surface area (Å²) in [5.74, 6) is -0.360. The van der Waals surface area contributed by atoms with Crippen molar-refractivity contribution in [3.05, 3.63) is 65.5 Å². The Morgan fingerprint density at radius 1 is 1.09 bits per heavy atom. The van der Waals surface area contributed by atoms with Crippen LogP contribution in [-0.4, -0.2) is 53.8 Å². The molecule has 2 heterocycles. The Bertz CT molecular complexity index is 1100. The number of hydrogen-bond acceptors (Lipinski definition) is 4. The van der Waals surface area contributed by atoms with Gasteiger partial charge in [-0.05, 0) is 48.6 Å². The summed E-state index contributed by atoms with van der Waals surface area (Å²) in [5, 5.41) is 0. The molecule has 2 aliphatic heterocycles. The van der Waals surface area contributed by atoms with E-state index in [0.29, 0.717) is 36.4 Å². The molecule has 6 nitrogen and oxygen atoms in total. The minimum absolute atomic E-state index is 0.00894. The van der Waals surface area contributed by atoms with Crippen molar-refractivity contribution >= 4 is 17.7 Å². The molecule has 3 aliphatic rings. The molecule has 0 bridgehead atoms. The number of rotatable bonds is 6. The van der Waals surface area contributed by atoms with Crippen molar-refractivity contribution in [2.75, 3.05) is 20.2 Å². The van der Waals surface area contributed by atoms with E-state index < -0.39 is 5.41 Å². The molecule has 1 saturated carbocycles. The molecular weight excluding hydrogens is 423 g/mol. The van der Waals surface area contributed by atoms with Gasteiger partial charge in [-0.1, -0.05) is 30.3 Å². The highest BCUT2D eigenvalue weighted by molar-refractivity contribution is 6.11. The van der Waals surface area contributed by atoms with E-state index in [1.165, 1.54) is 11.0 Å². The van der Waals surface area contributed by atoms with Crippen LogP contribution in [0.1, 0.15) is 49.1 Å². The van der Waals surface area contributed by atoms with E-state index in [1.54, 1.807) is 54.5 Å². The van der Waals surface area contributed by atoms with Crippen molar-refractivity contribution in [2.24, 2.45) is 0 Å². The van der Waals surface area contributed by atoms with Crippen LogP contribution in [0.2, 0.25) is 0 Å². The summed E-state index contributed by atoms with van der Waals surface area (Å²) in [6.07, 6.45) is 2.23. The van der Waals surface area contributed by atoms with Crippen LogP contribution in [-0.2, 0) is 19.8 Å². The highest BCUT2D eigenvalue weighted by atomic mass is 19.1. The van der Waals surface area contributed by atoms with Crippen LogP contribution >= 0.6 is 0 Å². The maximum absolute atomic E-state index is 14.3. The van der Waals surface area contributed by atoms with Gasteiger partial charge in [-0.25, -0.2) is 4.39 Å². The molecule has 0 unspecified atom stereocenters. The summed E-state index contributed by atoms with van der Waals surface area (Å²) in [4.78, 5) is 43.0. The SMILES string of the molecule is COc1ccc([C@]2(CC(=O)N3CC[C@@H](c4ccccc4F)C3)CC(=O)N(C3CC3)C2=O)cc1. The molecule has 0 radical (unpaired) electrons. The molecular formula is C26H27FN2O4. The number of imide groups is 1. The average molecular weight is 451 g/mol. The summed E-state index contributed by atoms with van der Waals surface area (Å²) >= 11 is 0. The maximum atomic E-state index is 14.3. The van der Waals surface area contributed by atoms with Crippen LogP contribution in [0.4, 0.5) is 4.39 Å². The van der Waals surface area contributed by atoms with Crippen molar-refractivity contribution in [3.63, 3.8) is 0 Å². The molecule has 0 spiro atoms. The fourth-order valence-corrected chi connectivity index (χ4v) is 5.26. The second kappa shape index (κ2) is 8.28. The molecule has 2 atom stereocenters. The van der Waals surface area contributed by atoms with Gasteiger partial charge >= 0.3 is 0 Å². The molecule has 172 valence electrons. The number of ether oxygens (including phenoxy) is 1. The highest BCUT2D eigenvalue weighted by Crippen LogP contribution is 2.45. The standard InChI is InChI=1S/C26H27FN2O4/c1-33-20-10-6-18(7-11-20)26(15-24(31)29(25(26)32)19-8-9-19)14-23(30)28-13-12-17(16-28)21-4-2-3-5-22(21)27/h2-7,10-11,17,19H,8-9,12-16H2,1H3/t17-,26+/m1/s1. The van der Waals surface area contributed by atoms with Gasteiger partial charge in [0.05, 0.1) is 12.5 Å². The van der Waals surface area contributed by atoms with Crippen LogP contribution in [0.25, 0.3) is 0 Å². The number of amides is 3. The number of methoxy groups -OCH3 is 1. The lowest BCUT2D eigenvalue weighted by molar-refractivity contribution is -0.143. The van der Waals surface area contributed by atoms with Gasteiger partial charge in [0.2, 0.25) is 17.7 Å². The fourth-order valence-electron chi connectivity index (χ4n) is 5.26. The first-order chi connectivity index (χ1) is 15.9. The van der Waals surface area contributed by atoms with Crippen molar-refractivity contribution in [3.8, 4) is 5.75 Å². The molecule has 7 heteroatoms. The molecule has 0 N–H and O–H groups in total. The molecule has 2 saturated heterocycles. The molecule has 1 aliphatic carbocycles. The van der Waals surface area contributed by atoms with E-state index in [1.807, 2.05) is 0 Å². The summed E-state index contributed by atoms with van der Waals surface area (Å²) in [6.45, 7) is 0.915. The van der Waals surface area contributed by atoms with Crippen molar-refractivity contribution < 1.29 is 23.5 Å². The first-order valence-corrected chi connectivity index (χ1v) is 11.5. The summed E-state index contributed by atoms with van der Waals surface area (Å²) < 4.78 is 19.5. The molecule has 2 aromatic rings. The lowest BCUT2D eigenvalue weighted by atomic mass is 9.75. The van der Waals surface area contributed by atoms with Gasteiger partial charge < -0.3 is 9.64 Å². The summed E-state index contributed by atoms with van der Waals surface area (Å²) in [6, 6.07) is 13.7. The Morgan fingerprint density at radius 2 is 1.82 bits per heavy atom. The maximum Gasteiger partial charge on any atom is 0.241 e. The lowest BCUT2D eigenvalue weighted by Crippen LogP contribution is -2.43. The van der Waals surface area contributed by atoms with E-state index in [4.69, 9.17) is 4.74 Å². The monoisotopic (exact) mass is 450 g/mol. The van der Waals surface area contributed by atoms with E-state index in [9.17, 15) is 18.8 Å². The van der Waals surface area contributed by atoms with Gasteiger partial charge in [-0.3, -0.25) is 19.3 Å². The smallest absolute Gasteiger partial charge is 0.241 e. The predicted molar refractivity (Wildman–Crippen MR) is 119 cm³/mol. The Labute approximate surface area is 192 Å². The summed E-state index contributed by atoms with van der Waals surface area (Å²) in [7, 11) is 1.56.